The van der Waals surface area contributed by atoms with Gasteiger partial charge in [0.25, 0.3) is 5.91 Å². The maximum Gasteiger partial charge on any atom is 0.409 e. The molecule has 308 valence electrons. The number of methoxy groups -OCH3 is 1. The second-order valence-corrected chi connectivity index (χ2v) is 15.7. The number of rotatable bonds is 18. The first-order valence-electron chi connectivity index (χ1n) is 19.1. The third kappa shape index (κ3) is 13.0. The molecule has 3 unspecified atom stereocenters. The molecule has 0 radical (unpaired) electrons. The Morgan fingerprint density at radius 2 is 1.55 bits per heavy atom. The van der Waals surface area contributed by atoms with Crippen LogP contribution in [0.5, 0.6) is 0 Å². The van der Waals surface area contributed by atoms with Gasteiger partial charge >= 0.3 is 24.5 Å². The second-order valence-electron chi connectivity index (χ2n) is 14.2. The van der Waals surface area contributed by atoms with Gasteiger partial charge in [-0.3, -0.25) is 28.3 Å². The molecule has 0 aliphatic carbocycles. The number of amides is 3. The van der Waals surface area contributed by atoms with Crippen LogP contribution in [0.2, 0.25) is 0 Å². The molecule has 3 heterocycles. The number of piperazine rings is 1. The van der Waals surface area contributed by atoms with Gasteiger partial charge in [-0.2, -0.15) is 0 Å². The summed E-state index contributed by atoms with van der Waals surface area (Å²) in [5.41, 5.74) is 0.698. The fourth-order valence-corrected chi connectivity index (χ4v) is 6.69. The molecule has 0 spiro atoms. The van der Waals surface area contributed by atoms with Crippen molar-refractivity contribution in [1.82, 2.24) is 25.1 Å². The van der Waals surface area contributed by atoms with Gasteiger partial charge in [0.1, 0.15) is 17.6 Å². The Morgan fingerprint density at radius 1 is 0.911 bits per heavy atom. The molecule has 3 atom stereocenters. The van der Waals surface area contributed by atoms with E-state index in [4.69, 9.17) is 28.5 Å². The molecule has 2 aliphatic heterocycles. The van der Waals surface area contributed by atoms with E-state index in [-0.39, 0.29) is 50.6 Å². The monoisotopic (exact) mass is 802 g/mol. The summed E-state index contributed by atoms with van der Waals surface area (Å²) in [6.45, 7) is 8.73. The molecule has 0 bridgehead atoms. The van der Waals surface area contributed by atoms with Crippen LogP contribution in [-0.2, 0) is 42.4 Å². The summed E-state index contributed by atoms with van der Waals surface area (Å²) < 4.78 is 40.0. The minimum absolute atomic E-state index is 0.00391. The molecule has 2 saturated heterocycles. The molecule has 1 N–H and O–H groups in total. The van der Waals surface area contributed by atoms with Gasteiger partial charge in [-0.15, -0.1) is 0 Å². The highest BCUT2D eigenvalue weighted by molar-refractivity contribution is 7.39. The maximum absolute atomic E-state index is 14.1. The van der Waals surface area contributed by atoms with Crippen molar-refractivity contribution in [1.29, 1.82) is 0 Å². The third-order valence-corrected chi connectivity index (χ3v) is 10.3. The van der Waals surface area contributed by atoms with Gasteiger partial charge in [-0.25, -0.2) is 14.8 Å². The fourth-order valence-electron chi connectivity index (χ4n) is 5.73. The average molecular weight is 803 g/mol. The van der Waals surface area contributed by atoms with Crippen LogP contribution in [0.4, 0.5) is 10.6 Å². The first kappa shape index (κ1) is 44.1. The number of esters is 2. The van der Waals surface area contributed by atoms with Gasteiger partial charge in [-0.1, -0.05) is 71.4 Å². The lowest BCUT2D eigenvalue weighted by molar-refractivity contribution is -0.238. The summed E-state index contributed by atoms with van der Waals surface area (Å²) in [7, 11) is -1.48. The minimum Gasteiger partial charge on any atom is -0.449 e. The minimum atomic E-state index is -3.12. The number of unbranched alkanes of at least 4 members (excludes halogenated alkanes) is 1. The predicted molar refractivity (Wildman–Crippen MR) is 206 cm³/mol. The van der Waals surface area contributed by atoms with Crippen molar-refractivity contribution in [3.8, 4) is 11.4 Å². The number of nitrogens with one attached hydrogen (secondary N) is 1. The number of carbonyl (C=O) groups is 5. The van der Waals surface area contributed by atoms with E-state index < -0.39 is 62.2 Å². The van der Waals surface area contributed by atoms with Crippen LogP contribution in [0.3, 0.4) is 0 Å². The smallest absolute Gasteiger partial charge is 0.409 e. The van der Waals surface area contributed by atoms with E-state index >= 15 is 0 Å². The van der Waals surface area contributed by atoms with Crippen molar-refractivity contribution < 1.29 is 52.0 Å². The highest BCUT2D eigenvalue weighted by Gasteiger charge is 2.33. The standard InChI is InChI=1S/C38H55N6O11P/c1-7-8-21-52-37(49)43-19-17-42(18-20-43)34(46)29(15-22-56(50)55-38(53-35(47)25(2)3)54-36(48)26(4)5)40-33(45)30-23-31(44-16-14-28(24-44)51-6)41-32(39-30)27-12-10-9-11-13-27/h9-13,23,25-26,28-29,38,56H,7-8,14-22,24H2,1-6H3,(H,40,45). The van der Waals surface area contributed by atoms with E-state index in [1.165, 1.54) is 9.80 Å². The number of anilines is 1. The molecule has 1 aromatic heterocycles. The Bertz CT molecular complexity index is 1650. The van der Waals surface area contributed by atoms with Gasteiger partial charge in [0.15, 0.2) is 13.9 Å². The molecule has 4 rings (SSSR count). The summed E-state index contributed by atoms with van der Waals surface area (Å²) in [6.07, 6.45) is 1.52. The summed E-state index contributed by atoms with van der Waals surface area (Å²) in [6, 6.07) is 9.55. The Balaban J connectivity index is 1.56. The molecule has 2 fully saturated rings. The highest BCUT2D eigenvalue weighted by atomic mass is 31.1. The SMILES string of the molecule is CCCCOC(=O)N1CCN(C(=O)C(CC[PH](=O)OC(OC(=O)C(C)C)OC(=O)C(C)C)NC(=O)c2cc(N3CCC(OC)C3)nc(-c3ccccc3)n2)CC1. The van der Waals surface area contributed by atoms with Crippen molar-refractivity contribution in [2.45, 2.75) is 78.9 Å². The number of hydrogen-bond acceptors (Lipinski definition) is 14. The normalized spacial score (nSPS) is 16.9. The van der Waals surface area contributed by atoms with E-state index in [2.05, 4.69) is 10.3 Å². The quantitative estimate of drug-likeness (QED) is 0.0979. The number of nitrogens with zero attached hydrogens (tertiary/aromatic N) is 5. The molecule has 1 aromatic carbocycles. The van der Waals surface area contributed by atoms with Gasteiger partial charge < -0.3 is 39.0 Å². The van der Waals surface area contributed by atoms with Crippen molar-refractivity contribution in [3.05, 3.63) is 42.1 Å². The first-order valence-corrected chi connectivity index (χ1v) is 20.7. The number of benzene rings is 1. The van der Waals surface area contributed by atoms with Crippen molar-refractivity contribution in [2.24, 2.45) is 11.8 Å². The molecular formula is C38H55N6O11P. The zero-order valence-corrected chi connectivity index (χ0v) is 34.1. The van der Waals surface area contributed by atoms with Crippen molar-refractivity contribution in [3.63, 3.8) is 0 Å². The Morgan fingerprint density at radius 3 is 2.14 bits per heavy atom. The van der Waals surface area contributed by atoms with Gasteiger partial charge in [0, 0.05) is 64.2 Å². The van der Waals surface area contributed by atoms with E-state index in [1.807, 2.05) is 42.2 Å². The Kier molecular flexibility index (Phi) is 17.0. The number of aromatic nitrogens is 2. The average Bonchev–Trinajstić information content (AvgIpc) is 3.69. The van der Waals surface area contributed by atoms with Crippen LogP contribution in [0.1, 0.15) is 70.8 Å². The largest absolute Gasteiger partial charge is 0.449 e. The zero-order valence-electron chi connectivity index (χ0n) is 33.1. The predicted octanol–water partition coefficient (Wildman–Crippen LogP) is 4.11. The van der Waals surface area contributed by atoms with E-state index in [9.17, 15) is 28.5 Å². The first-order chi connectivity index (χ1) is 26.8. The second kappa shape index (κ2) is 21.6. The zero-order chi connectivity index (χ0) is 40.8. The van der Waals surface area contributed by atoms with Crippen molar-refractivity contribution in [2.75, 3.05) is 64.0 Å². The topological polar surface area (TPSA) is 196 Å². The lowest BCUT2D eigenvalue weighted by Crippen LogP contribution is -2.56. The molecule has 18 heteroatoms. The summed E-state index contributed by atoms with van der Waals surface area (Å²) in [4.78, 5) is 79.8. The van der Waals surface area contributed by atoms with Gasteiger partial charge in [0.2, 0.25) is 5.91 Å². The van der Waals surface area contributed by atoms with Crippen LogP contribution < -0.4 is 10.2 Å². The van der Waals surface area contributed by atoms with E-state index in [0.717, 1.165) is 19.3 Å². The van der Waals surface area contributed by atoms with Crippen LogP contribution in [-0.4, -0.2) is 127 Å². The van der Waals surface area contributed by atoms with E-state index in [1.54, 1.807) is 40.9 Å². The molecule has 0 saturated carbocycles. The molecule has 2 aromatic rings. The summed E-state index contributed by atoms with van der Waals surface area (Å²) in [5.74, 6) is -2.95. The third-order valence-electron chi connectivity index (χ3n) is 9.19. The van der Waals surface area contributed by atoms with Crippen molar-refractivity contribution >= 4 is 43.7 Å². The highest BCUT2D eigenvalue weighted by Crippen LogP contribution is 2.29. The van der Waals surface area contributed by atoms with E-state index in [0.29, 0.717) is 36.9 Å². The lowest BCUT2D eigenvalue weighted by atomic mass is 10.1. The number of carbonyl (C=O) groups excluding carboxylic acids is 5. The number of hydrogen-bond donors (Lipinski definition) is 1. The summed E-state index contributed by atoms with van der Waals surface area (Å²) >= 11 is 0. The molecule has 3 amide bonds. The molecular weight excluding hydrogens is 747 g/mol. The van der Waals surface area contributed by atoms with Crippen LogP contribution >= 0.6 is 8.03 Å². The maximum atomic E-state index is 14.1. The van der Waals surface area contributed by atoms with Gasteiger partial charge in [0.05, 0.1) is 24.5 Å². The van der Waals surface area contributed by atoms with Crippen LogP contribution in [0.25, 0.3) is 11.4 Å². The molecule has 56 heavy (non-hydrogen) atoms. The number of ether oxygens (including phenoxy) is 4. The molecule has 2 aliphatic rings. The Hall–Kier alpha value is -4.60. The lowest BCUT2D eigenvalue weighted by Gasteiger charge is -2.36. The summed E-state index contributed by atoms with van der Waals surface area (Å²) in [5, 5.41) is 2.80. The van der Waals surface area contributed by atoms with Gasteiger partial charge in [-0.05, 0) is 19.3 Å². The fraction of sp³-hybridized carbons (Fsp3) is 0.605. The van der Waals surface area contributed by atoms with Crippen LogP contribution in [0.15, 0.2) is 36.4 Å². The van der Waals surface area contributed by atoms with Crippen LogP contribution in [0, 0.1) is 11.8 Å². The molecule has 17 nitrogen and oxygen atoms in total. The Labute approximate surface area is 328 Å².